The van der Waals surface area contributed by atoms with Crippen molar-refractivity contribution in [3.05, 3.63) is 65.5 Å². The zero-order chi connectivity index (χ0) is 14.7. The van der Waals surface area contributed by atoms with Crippen LogP contribution in [0.25, 0.3) is 0 Å². The Labute approximate surface area is 125 Å². The van der Waals surface area contributed by atoms with Crippen LogP contribution in [0.2, 0.25) is 0 Å². The molecule has 2 aromatic rings. The summed E-state index contributed by atoms with van der Waals surface area (Å²) in [6.45, 7) is 3.74. The fourth-order valence-corrected chi connectivity index (χ4v) is 3.01. The van der Waals surface area contributed by atoms with Crippen molar-refractivity contribution >= 4 is 5.91 Å². The van der Waals surface area contributed by atoms with Gasteiger partial charge in [-0.1, -0.05) is 35.9 Å². The van der Waals surface area contributed by atoms with E-state index in [1.54, 1.807) is 12.3 Å². The van der Waals surface area contributed by atoms with E-state index in [2.05, 4.69) is 36.2 Å². The fourth-order valence-electron chi connectivity index (χ4n) is 3.01. The van der Waals surface area contributed by atoms with Crippen molar-refractivity contribution in [2.75, 3.05) is 13.1 Å². The summed E-state index contributed by atoms with van der Waals surface area (Å²) in [5, 5.41) is 0. The van der Waals surface area contributed by atoms with E-state index in [1.807, 2.05) is 17.0 Å². The molecule has 1 atom stereocenters. The van der Waals surface area contributed by atoms with Crippen molar-refractivity contribution in [3.63, 3.8) is 0 Å². The van der Waals surface area contributed by atoms with Crippen molar-refractivity contribution in [1.82, 2.24) is 9.88 Å². The molecule has 0 aliphatic carbocycles. The average molecular weight is 280 g/mol. The number of piperidine rings is 1. The third kappa shape index (κ3) is 3.13. The van der Waals surface area contributed by atoms with E-state index < -0.39 is 0 Å². The van der Waals surface area contributed by atoms with Crippen LogP contribution in [-0.4, -0.2) is 28.9 Å². The van der Waals surface area contributed by atoms with Crippen molar-refractivity contribution in [2.24, 2.45) is 0 Å². The highest BCUT2D eigenvalue weighted by Crippen LogP contribution is 2.28. The normalized spacial score (nSPS) is 18.5. The van der Waals surface area contributed by atoms with Gasteiger partial charge in [0.15, 0.2) is 0 Å². The van der Waals surface area contributed by atoms with Crippen LogP contribution in [0.15, 0.2) is 48.7 Å². The second-order valence-electron chi connectivity index (χ2n) is 5.72. The predicted octanol–water partition coefficient (Wildman–Crippen LogP) is 3.41. The summed E-state index contributed by atoms with van der Waals surface area (Å²) in [7, 11) is 0. The lowest BCUT2D eigenvalue weighted by molar-refractivity contribution is 0.0701. The molecule has 21 heavy (non-hydrogen) atoms. The molecule has 1 aliphatic heterocycles. The maximum absolute atomic E-state index is 12.5. The van der Waals surface area contributed by atoms with Crippen molar-refractivity contribution in [3.8, 4) is 0 Å². The van der Waals surface area contributed by atoms with Gasteiger partial charge in [0.1, 0.15) is 5.69 Å². The van der Waals surface area contributed by atoms with E-state index in [1.165, 1.54) is 11.1 Å². The van der Waals surface area contributed by atoms with Gasteiger partial charge in [-0.3, -0.25) is 9.78 Å². The van der Waals surface area contributed by atoms with Gasteiger partial charge in [-0.05, 0) is 37.5 Å². The number of amides is 1. The Morgan fingerprint density at radius 1 is 1.24 bits per heavy atom. The summed E-state index contributed by atoms with van der Waals surface area (Å²) in [5.41, 5.74) is 3.16. The molecular weight excluding hydrogens is 260 g/mol. The number of aromatic nitrogens is 1. The number of nitrogens with zero attached hydrogens (tertiary/aromatic N) is 2. The third-order valence-electron chi connectivity index (χ3n) is 4.11. The maximum Gasteiger partial charge on any atom is 0.272 e. The molecule has 1 aliphatic rings. The molecule has 3 nitrogen and oxygen atoms in total. The minimum absolute atomic E-state index is 0.0490. The molecule has 3 rings (SSSR count). The number of likely N-dealkylation sites (tertiary alicyclic amines) is 1. The van der Waals surface area contributed by atoms with Crippen LogP contribution in [-0.2, 0) is 0 Å². The minimum atomic E-state index is 0.0490. The van der Waals surface area contributed by atoms with Crippen molar-refractivity contribution < 1.29 is 4.79 Å². The number of aryl methyl sites for hydroxylation is 1. The monoisotopic (exact) mass is 280 g/mol. The van der Waals surface area contributed by atoms with Crippen LogP contribution in [0, 0.1) is 6.92 Å². The summed E-state index contributed by atoms with van der Waals surface area (Å²) in [4.78, 5) is 18.6. The van der Waals surface area contributed by atoms with Gasteiger partial charge in [0.2, 0.25) is 0 Å². The first-order chi connectivity index (χ1) is 10.2. The van der Waals surface area contributed by atoms with Gasteiger partial charge in [0.05, 0.1) is 0 Å². The highest BCUT2D eigenvalue weighted by Gasteiger charge is 2.25. The molecule has 0 unspecified atom stereocenters. The maximum atomic E-state index is 12.5. The fraction of sp³-hybridized carbons (Fsp3) is 0.333. The van der Waals surface area contributed by atoms with Gasteiger partial charge < -0.3 is 4.90 Å². The van der Waals surface area contributed by atoms with Crippen LogP contribution in [0.3, 0.4) is 0 Å². The van der Waals surface area contributed by atoms with Gasteiger partial charge in [0.25, 0.3) is 5.91 Å². The number of pyridine rings is 1. The van der Waals surface area contributed by atoms with E-state index in [0.29, 0.717) is 11.6 Å². The number of carbonyl (C=O) groups is 1. The zero-order valence-electron chi connectivity index (χ0n) is 12.3. The van der Waals surface area contributed by atoms with Crippen molar-refractivity contribution in [1.29, 1.82) is 0 Å². The Balaban J connectivity index is 1.75. The lowest BCUT2D eigenvalue weighted by atomic mass is 9.89. The quantitative estimate of drug-likeness (QED) is 0.844. The van der Waals surface area contributed by atoms with Gasteiger partial charge in [-0.25, -0.2) is 0 Å². The first-order valence-corrected chi connectivity index (χ1v) is 7.51. The minimum Gasteiger partial charge on any atom is -0.337 e. The van der Waals surface area contributed by atoms with E-state index in [0.717, 1.165) is 25.9 Å². The van der Waals surface area contributed by atoms with Gasteiger partial charge in [-0.15, -0.1) is 0 Å². The first-order valence-electron chi connectivity index (χ1n) is 7.51. The van der Waals surface area contributed by atoms with Crippen LogP contribution < -0.4 is 0 Å². The van der Waals surface area contributed by atoms with Crippen LogP contribution in [0.5, 0.6) is 0 Å². The van der Waals surface area contributed by atoms with Crippen LogP contribution >= 0.6 is 0 Å². The molecule has 0 radical (unpaired) electrons. The zero-order valence-corrected chi connectivity index (χ0v) is 12.3. The van der Waals surface area contributed by atoms with Crippen LogP contribution in [0.4, 0.5) is 0 Å². The molecule has 1 fully saturated rings. The summed E-state index contributed by atoms with van der Waals surface area (Å²) >= 11 is 0. The summed E-state index contributed by atoms with van der Waals surface area (Å²) in [5.74, 6) is 0.485. The Morgan fingerprint density at radius 3 is 2.90 bits per heavy atom. The largest absolute Gasteiger partial charge is 0.337 e. The molecule has 1 aromatic heterocycles. The molecule has 0 spiro atoms. The standard InChI is InChI=1S/C18H20N2O/c1-14-6-4-7-15(12-14)16-8-5-11-20(13-16)18(21)17-9-2-3-10-19-17/h2-4,6-7,9-10,12,16H,5,8,11,13H2,1H3/t16-/m0/s1. The highest BCUT2D eigenvalue weighted by molar-refractivity contribution is 5.92. The Bertz CT molecular complexity index is 624. The molecule has 0 saturated carbocycles. The molecule has 1 aromatic carbocycles. The van der Waals surface area contributed by atoms with Gasteiger partial charge in [-0.2, -0.15) is 0 Å². The topological polar surface area (TPSA) is 33.2 Å². The van der Waals surface area contributed by atoms with E-state index in [9.17, 15) is 4.79 Å². The summed E-state index contributed by atoms with van der Waals surface area (Å²) in [6, 6.07) is 14.1. The lowest BCUT2D eigenvalue weighted by Gasteiger charge is -2.33. The second-order valence-corrected chi connectivity index (χ2v) is 5.72. The SMILES string of the molecule is Cc1cccc([C@H]2CCCN(C(=O)c3ccccn3)C2)c1. The van der Waals surface area contributed by atoms with E-state index in [-0.39, 0.29) is 5.91 Å². The van der Waals surface area contributed by atoms with E-state index >= 15 is 0 Å². The lowest BCUT2D eigenvalue weighted by Crippen LogP contribution is -2.39. The Kier molecular flexibility index (Phi) is 4.00. The predicted molar refractivity (Wildman–Crippen MR) is 83.3 cm³/mol. The molecule has 2 heterocycles. The average Bonchev–Trinajstić information content (AvgIpc) is 2.55. The molecule has 3 heteroatoms. The number of benzene rings is 1. The van der Waals surface area contributed by atoms with Crippen molar-refractivity contribution in [2.45, 2.75) is 25.7 Å². The third-order valence-corrected chi connectivity index (χ3v) is 4.11. The second kappa shape index (κ2) is 6.08. The number of hydrogen-bond acceptors (Lipinski definition) is 2. The Hall–Kier alpha value is -2.16. The summed E-state index contributed by atoms with van der Waals surface area (Å²) in [6.07, 6.45) is 3.88. The number of hydrogen-bond donors (Lipinski definition) is 0. The first kappa shape index (κ1) is 13.8. The number of carbonyl (C=O) groups excluding carboxylic acids is 1. The van der Waals surface area contributed by atoms with Gasteiger partial charge >= 0.3 is 0 Å². The molecule has 1 amide bonds. The highest BCUT2D eigenvalue weighted by atomic mass is 16.2. The van der Waals surface area contributed by atoms with Crippen LogP contribution in [0.1, 0.15) is 40.4 Å². The molecule has 1 saturated heterocycles. The molecule has 0 bridgehead atoms. The van der Waals surface area contributed by atoms with E-state index in [4.69, 9.17) is 0 Å². The number of rotatable bonds is 2. The molecule has 108 valence electrons. The molecule has 0 N–H and O–H groups in total. The smallest absolute Gasteiger partial charge is 0.272 e. The van der Waals surface area contributed by atoms with Gasteiger partial charge in [0, 0.05) is 25.2 Å². The summed E-state index contributed by atoms with van der Waals surface area (Å²) < 4.78 is 0. The Morgan fingerprint density at radius 2 is 2.14 bits per heavy atom. The molecular formula is C18H20N2O.